The molecule has 108 valence electrons. The van der Waals surface area contributed by atoms with Crippen molar-refractivity contribution in [2.75, 3.05) is 19.6 Å². The number of carbonyl (C=O) groups is 1. The molecule has 1 N–H and O–H groups in total. The fourth-order valence-electron chi connectivity index (χ4n) is 2.09. The van der Waals surface area contributed by atoms with Crippen LogP contribution in [0.1, 0.15) is 18.2 Å². The van der Waals surface area contributed by atoms with Crippen LogP contribution in [-0.4, -0.2) is 41.5 Å². The Kier molecular flexibility index (Phi) is 7.99. The van der Waals surface area contributed by atoms with E-state index < -0.39 is 0 Å². The zero-order valence-electron chi connectivity index (χ0n) is 11.3. The number of aryl methyl sites for hydroxylation is 1. The minimum Gasteiger partial charge on any atom is -0.337 e. The van der Waals surface area contributed by atoms with Gasteiger partial charge in [-0.1, -0.05) is 6.07 Å². The molecule has 1 aliphatic heterocycles. The average Bonchev–Trinajstić information content (AvgIpc) is 2.32. The highest BCUT2D eigenvalue weighted by Gasteiger charge is 2.22. The molecular weight excluding hydrogens is 285 g/mol. The summed E-state index contributed by atoms with van der Waals surface area (Å²) in [7, 11) is 0. The fraction of sp³-hybridized carbons (Fsp3) is 0.538. The van der Waals surface area contributed by atoms with E-state index in [0.29, 0.717) is 6.42 Å². The van der Waals surface area contributed by atoms with E-state index in [1.54, 1.807) is 6.20 Å². The van der Waals surface area contributed by atoms with Gasteiger partial charge in [-0.3, -0.25) is 9.78 Å². The minimum absolute atomic E-state index is 0. The first-order valence-electron chi connectivity index (χ1n) is 6.08. The van der Waals surface area contributed by atoms with Crippen LogP contribution in [0.15, 0.2) is 18.3 Å². The van der Waals surface area contributed by atoms with Crippen molar-refractivity contribution in [1.82, 2.24) is 15.2 Å². The Labute approximate surface area is 126 Å². The highest BCUT2D eigenvalue weighted by molar-refractivity contribution is 5.85. The number of hydrogen-bond donors (Lipinski definition) is 1. The lowest BCUT2D eigenvalue weighted by molar-refractivity contribution is -0.133. The average molecular weight is 306 g/mol. The zero-order chi connectivity index (χ0) is 12.3. The van der Waals surface area contributed by atoms with Gasteiger partial charge in [-0.15, -0.1) is 24.8 Å². The van der Waals surface area contributed by atoms with Crippen LogP contribution >= 0.6 is 24.8 Å². The summed E-state index contributed by atoms with van der Waals surface area (Å²) in [6.45, 7) is 6.61. The molecule has 4 nitrogen and oxygen atoms in total. The van der Waals surface area contributed by atoms with Crippen LogP contribution < -0.4 is 5.32 Å². The molecule has 0 saturated carbocycles. The molecule has 2 rings (SSSR count). The van der Waals surface area contributed by atoms with Crippen LogP contribution in [0.5, 0.6) is 0 Å². The van der Waals surface area contributed by atoms with E-state index in [1.165, 1.54) is 0 Å². The van der Waals surface area contributed by atoms with Crippen molar-refractivity contribution in [3.8, 4) is 0 Å². The molecule has 2 heterocycles. The first-order chi connectivity index (χ1) is 8.16. The van der Waals surface area contributed by atoms with Crippen molar-refractivity contribution < 1.29 is 4.79 Å². The number of halogens is 2. The Morgan fingerprint density at radius 3 is 2.79 bits per heavy atom. The van der Waals surface area contributed by atoms with Gasteiger partial charge in [0.2, 0.25) is 5.91 Å². The van der Waals surface area contributed by atoms with Gasteiger partial charge < -0.3 is 10.2 Å². The summed E-state index contributed by atoms with van der Waals surface area (Å²) in [5.74, 6) is 0.199. The van der Waals surface area contributed by atoms with Crippen molar-refractivity contribution in [2.24, 2.45) is 0 Å². The number of pyridine rings is 1. The van der Waals surface area contributed by atoms with Gasteiger partial charge in [0.25, 0.3) is 0 Å². The molecule has 0 spiro atoms. The number of rotatable bonds is 2. The molecule has 1 aromatic heterocycles. The molecule has 6 heteroatoms. The fourth-order valence-corrected chi connectivity index (χ4v) is 2.09. The maximum atomic E-state index is 12.1. The summed E-state index contributed by atoms with van der Waals surface area (Å²) in [4.78, 5) is 18.3. The first kappa shape index (κ1) is 18.2. The summed E-state index contributed by atoms with van der Waals surface area (Å²) in [6, 6.07) is 4.21. The van der Waals surface area contributed by atoms with E-state index >= 15 is 0 Å². The highest BCUT2D eigenvalue weighted by Crippen LogP contribution is 2.07. The lowest BCUT2D eigenvalue weighted by Gasteiger charge is -2.34. The van der Waals surface area contributed by atoms with E-state index in [9.17, 15) is 4.79 Å². The number of piperazine rings is 1. The normalized spacial score (nSPS) is 18.2. The van der Waals surface area contributed by atoms with E-state index in [0.717, 1.165) is 30.9 Å². The van der Waals surface area contributed by atoms with Crippen molar-refractivity contribution >= 4 is 30.7 Å². The molecule has 1 atom stereocenters. The SMILES string of the molecule is Cc1ccc(CC(=O)N2CCNC[C@H]2C)cn1.Cl.Cl. The van der Waals surface area contributed by atoms with Gasteiger partial charge in [0.05, 0.1) is 6.42 Å². The molecule has 19 heavy (non-hydrogen) atoms. The van der Waals surface area contributed by atoms with E-state index in [4.69, 9.17) is 0 Å². The Bertz CT molecular complexity index is 397. The predicted molar refractivity (Wildman–Crippen MR) is 81.2 cm³/mol. The molecule has 1 aromatic rings. The summed E-state index contributed by atoms with van der Waals surface area (Å²) in [5, 5.41) is 3.28. The summed E-state index contributed by atoms with van der Waals surface area (Å²) in [5.41, 5.74) is 1.98. The molecule has 0 bridgehead atoms. The maximum absolute atomic E-state index is 12.1. The lowest BCUT2D eigenvalue weighted by atomic mass is 10.1. The van der Waals surface area contributed by atoms with Crippen LogP contribution in [0.4, 0.5) is 0 Å². The quantitative estimate of drug-likeness (QED) is 0.902. The van der Waals surface area contributed by atoms with Gasteiger partial charge in [-0.25, -0.2) is 0 Å². The monoisotopic (exact) mass is 305 g/mol. The van der Waals surface area contributed by atoms with E-state index in [1.807, 2.05) is 24.0 Å². The van der Waals surface area contributed by atoms with Crippen molar-refractivity contribution in [3.05, 3.63) is 29.6 Å². The smallest absolute Gasteiger partial charge is 0.227 e. The molecule has 0 aliphatic carbocycles. The molecule has 1 aliphatic rings. The van der Waals surface area contributed by atoms with Gasteiger partial charge in [-0.05, 0) is 25.5 Å². The number of nitrogens with one attached hydrogen (secondary N) is 1. The van der Waals surface area contributed by atoms with Crippen molar-refractivity contribution in [3.63, 3.8) is 0 Å². The number of hydrogen-bond acceptors (Lipinski definition) is 3. The van der Waals surface area contributed by atoms with E-state index in [2.05, 4.69) is 17.2 Å². The van der Waals surface area contributed by atoms with Crippen molar-refractivity contribution in [2.45, 2.75) is 26.3 Å². The lowest BCUT2D eigenvalue weighted by Crippen LogP contribution is -2.52. The Morgan fingerprint density at radius 2 is 2.21 bits per heavy atom. The van der Waals surface area contributed by atoms with Crippen LogP contribution in [0.3, 0.4) is 0 Å². The maximum Gasteiger partial charge on any atom is 0.227 e. The highest BCUT2D eigenvalue weighted by atomic mass is 35.5. The molecule has 1 fully saturated rings. The van der Waals surface area contributed by atoms with Crippen LogP contribution in [0, 0.1) is 6.92 Å². The third-order valence-electron chi connectivity index (χ3n) is 3.15. The number of nitrogens with zero attached hydrogens (tertiary/aromatic N) is 2. The molecule has 0 unspecified atom stereocenters. The van der Waals surface area contributed by atoms with Gasteiger partial charge in [0.1, 0.15) is 0 Å². The Hall–Kier alpha value is -0.840. The van der Waals surface area contributed by atoms with Gasteiger partial charge in [0, 0.05) is 37.6 Å². The van der Waals surface area contributed by atoms with E-state index in [-0.39, 0.29) is 36.8 Å². The predicted octanol–water partition coefficient (Wildman–Crippen LogP) is 1.60. The number of amides is 1. The van der Waals surface area contributed by atoms with Gasteiger partial charge in [0.15, 0.2) is 0 Å². The second kappa shape index (κ2) is 8.35. The number of carbonyl (C=O) groups excluding carboxylic acids is 1. The second-order valence-corrected chi connectivity index (χ2v) is 4.62. The van der Waals surface area contributed by atoms with Crippen LogP contribution in [0.2, 0.25) is 0 Å². The summed E-state index contributed by atoms with van der Waals surface area (Å²) < 4.78 is 0. The van der Waals surface area contributed by atoms with Crippen molar-refractivity contribution in [1.29, 1.82) is 0 Å². The minimum atomic E-state index is 0. The first-order valence-corrected chi connectivity index (χ1v) is 6.08. The van der Waals surface area contributed by atoms with Crippen LogP contribution in [-0.2, 0) is 11.2 Å². The third kappa shape index (κ3) is 4.97. The topological polar surface area (TPSA) is 45.2 Å². The largest absolute Gasteiger partial charge is 0.337 e. The Balaban J connectivity index is 0.00000162. The van der Waals surface area contributed by atoms with Gasteiger partial charge >= 0.3 is 0 Å². The third-order valence-corrected chi connectivity index (χ3v) is 3.15. The summed E-state index contributed by atoms with van der Waals surface area (Å²) >= 11 is 0. The summed E-state index contributed by atoms with van der Waals surface area (Å²) in [6.07, 6.45) is 2.25. The standard InChI is InChI=1S/C13H19N3O.2ClH/c1-10-3-4-12(9-15-10)7-13(17)16-6-5-14-8-11(16)2;;/h3-4,9,11,14H,5-8H2,1-2H3;2*1H/t11-;;/m1../s1. The van der Waals surface area contributed by atoms with Crippen LogP contribution in [0.25, 0.3) is 0 Å². The molecule has 1 amide bonds. The molecule has 0 radical (unpaired) electrons. The van der Waals surface area contributed by atoms with Gasteiger partial charge in [-0.2, -0.15) is 0 Å². The zero-order valence-corrected chi connectivity index (χ0v) is 12.9. The number of aromatic nitrogens is 1. The molecule has 1 saturated heterocycles. The second-order valence-electron chi connectivity index (χ2n) is 4.62. The molecule has 0 aromatic carbocycles. The Morgan fingerprint density at radius 1 is 1.47 bits per heavy atom. The molecular formula is C13H21Cl2N3O.